The smallest absolute Gasteiger partial charge is 0.319 e. The van der Waals surface area contributed by atoms with Crippen LogP contribution in [0.3, 0.4) is 0 Å². The zero-order valence-corrected chi connectivity index (χ0v) is 17.3. The Hall–Kier alpha value is -2.73. The van der Waals surface area contributed by atoms with E-state index in [0.29, 0.717) is 24.7 Å². The number of likely N-dealkylation sites (tertiary alicyclic amines) is 1. The van der Waals surface area contributed by atoms with Gasteiger partial charge in [0.05, 0.1) is 6.04 Å². The van der Waals surface area contributed by atoms with Gasteiger partial charge in [-0.25, -0.2) is 9.59 Å². The largest absolute Gasteiger partial charge is 0.336 e. The van der Waals surface area contributed by atoms with Crippen molar-refractivity contribution in [2.45, 2.75) is 38.8 Å². The Labute approximate surface area is 176 Å². The van der Waals surface area contributed by atoms with Crippen molar-refractivity contribution in [1.82, 2.24) is 15.5 Å². The Morgan fingerprint density at radius 2 is 1.86 bits per heavy atom. The summed E-state index contributed by atoms with van der Waals surface area (Å²) in [7, 11) is 0. The van der Waals surface area contributed by atoms with Gasteiger partial charge in [0.15, 0.2) is 0 Å². The number of carbonyl (C=O) groups excluding carboxylic acids is 2. The summed E-state index contributed by atoms with van der Waals surface area (Å²) in [4.78, 5) is 26.6. The number of urea groups is 2. The molecule has 4 amide bonds. The fourth-order valence-corrected chi connectivity index (χ4v) is 3.64. The van der Waals surface area contributed by atoms with Crippen LogP contribution in [0.25, 0.3) is 0 Å². The van der Waals surface area contributed by atoms with Crippen LogP contribution in [0.5, 0.6) is 0 Å². The highest BCUT2D eigenvalue weighted by molar-refractivity contribution is 6.31. The van der Waals surface area contributed by atoms with Gasteiger partial charge in [0.25, 0.3) is 0 Å². The summed E-state index contributed by atoms with van der Waals surface area (Å²) in [5.41, 5.74) is 2.85. The minimum absolute atomic E-state index is 0.0190. The molecular weight excluding hydrogens is 388 g/mol. The topological polar surface area (TPSA) is 73.5 Å². The minimum atomic E-state index is -0.266. The van der Waals surface area contributed by atoms with E-state index in [4.69, 9.17) is 11.6 Å². The number of hydrogen-bond acceptors (Lipinski definition) is 2. The number of halogens is 1. The number of nitrogens with one attached hydrogen (secondary N) is 3. The molecule has 1 saturated heterocycles. The van der Waals surface area contributed by atoms with Gasteiger partial charge in [0.1, 0.15) is 0 Å². The Balaban J connectivity index is 1.46. The van der Waals surface area contributed by atoms with Crippen molar-refractivity contribution < 1.29 is 9.59 Å². The van der Waals surface area contributed by atoms with Gasteiger partial charge < -0.3 is 20.9 Å². The Morgan fingerprint density at radius 1 is 1.10 bits per heavy atom. The third-order valence-corrected chi connectivity index (χ3v) is 5.51. The summed E-state index contributed by atoms with van der Waals surface area (Å²) >= 11 is 6.14. The lowest BCUT2D eigenvalue weighted by Gasteiger charge is -2.25. The second-order valence-corrected chi connectivity index (χ2v) is 7.53. The van der Waals surface area contributed by atoms with Gasteiger partial charge in [0.2, 0.25) is 0 Å². The lowest BCUT2D eigenvalue weighted by Crippen LogP contribution is -2.47. The van der Waals surface area contributed by atoms with E-state index < -0.39 is 0 Å². The first-order chi connectivity index (χ1) is 14.1. The van der Waals surface area contributed by atoms with E-state index in [0.717, 1.165) is 30.5 Å². The second kappa shape index (κ2) is 10.2. The molecule has 0 aliphatic carbocycles. The Bertz CT molecular complexity index is 841. The molecule has 7 heteroatoms. The lowest BCUT2D eigenvalue weighted by molar-refractivity contribution is 0.190. The average molecular weight is 415 g/mol. The van der Waals surface area contributed by atoms with Crippen LogP contribution >= 0.6 is 11.6 Å². The molecule has 1 aliphatic rings. The maximum Gasteiger partial charge on any atom is 0.319 e. The molecule has 1 unspecified atom stereocenters. The van der Waals surface area contributed by atoms with Crippen molar-refractivity contribution >= 4 is 29.4 Å². The van der Waals surface area contributed by atoms with Crippen LogP contribution in [0.4, 0.5) is 15.3 Å². The van der Waals surface area contributed by atoms with E-state index >= 15 is 0 Å². The van der Waals surface area contributed by atoms with Crippen molar-refractivity contribution in [1.29, 1.82) is 0 Å². The summed E-state index contributed by atoms with van der Waals surface area (Å²) in [6.07, 6.45) is 2.75. The van der Waals surface area contributed by atoms with Crippen molar-refractivity contribution in [2.24, 2.45) is 0 Å². The molecule has 3 N–H and O–H groups in total. The Morgan fingerprint density at radius 3 is 2.59 bits per heavy atom. The fraction of sp³-hybridized carbons (Fsp3) is 0.364. The zero-order chi connectivity index (χ0) is 20.6. The number of benzene rings is 2. The normalized spacial score (nSPS) is 15.8. The number of hydrogen-bond donors (Lipinski definition) is 3. The monoisotopic (exact) mass is 414 g/mol. The highest BCUT2D eigenvalue weighted by atomic mass is 35.5. The number of nitrogens with zero attached hydrogens (tertiary/aromatic N) is 1. The first-order valence-electron chi connectivity index (χ1n) is 9.98. The van der Waals surface area contributed by atoms with Gasteiger partial charge in [-0.1, -0.05) is 48.9 Å². The second-order valence-electron chi connectivity index (χ2n) is 7.13. The molecule has 2 aromatic rings. The summed E-state index contributed by atoms with van der Waals surface area (Å²) in [6, 6.07) is 14.8. The van der Waals surface area contributed by atoms with Crippen LogP contribution in [-0.4, -0.2) is 36.1 Å². The molecule has 3 rings (SSSR count). The number of rotatable bonds is 6. The minimum Gasteiger partial charge on any atom is -0.336 e. The SMILES string of the molecule is CCc1ccc(NC(=O)NCC2CCCN2C(=O)NCc2ccccc2Cl)cc1. The maximum atomic E-state index is 12.6. The molecule has 0 saturated carbocycles. The summed E-state index contributed by atoms with van der Waals surface area (Å²) in [6.45, 7) is 3.57. The van der Waals surface area contributed by atoms with Gasteiger partial charge in [-0.15, -0.1) is 0 Å². The van der Waals surface area contributed by atoms with Crippen LogP contribution in [0, 0.1) is 0 Å². The van der Waals surface area contributed by atoms with Crippen molar-refractivity contribution in [3.05, 3.63) is 64.7 Å². The van der Waals surface area contributed by atoms with Crippen molar-refractivity contribution in [3.8, 4) is 0 Å². The van der Waals surface area contributed by atoms with E-state index in [1.807, 2.05) is 42.5 Å². The highest BCUT2D eigenvalue weighted by Gasteiger charge is 2.28. The van der Waals surface area contributed by atoms with Crippen LogP contribution in [0.2, 0.25) is 5.02 Å². The molecule has 0 bridgehead atoms. The fourth-order valence-electron chi connectivity index (χ4n) is 3.44. The molecule has 154 valence electrons. The average Bonchev–Trinajstić information content (AvgIpc) is 3.21. The van der Waals surface area contributed by atoms with Gasteiger partial charge >= 0.3 is 12.1 Å². The molecule has 1 aliphatic heterocycles. The number of aryl methyl sites for hydroxylation is 1. The zero-order valence-electron chi connectivity index (χ0n) is 16.6. The van der Waals surface area contributed by atoms with Crippen LogP contribution in [0.1, 0.15) is 30.9 Å². The predicted octanol–water partition coefficient (Wildman–Crippen LogP) is 4.40. The Kier molecular flexibility index (Phi) is 7.36. The molecule has 0 spiro atoms. The van der Waals surface area contributed by atoms with Crippen LogP contribution < -0.4 is 16.0 Å². The summed E-state index contributed by atoms with van der Waals surface area (Å²) in [5.74, 6) is 0. The lowest BCUT2D eigenvalue weighted by atomic mass is 10.1. The molecule has 0 aromatic heterocycles. The number of amides is 4. The molecule has 1 heterocycles. The molecule has 0 radical (unpaired) electrons. The number of carbonyl (C=O) groups is 2. The van der Waals surface area contributed by atoms with Gasteiger partial charge in [-0.2, -0.15) is 0 Å². The van der Waals surface area contributed by atoms with Gasteiger partial charge in [0, 0.05) is 30.3 Å². The molecule has 1 atom stereocenters. The maximum absolute atomic E-state index is 12.6. The quantitative estimate of drug-likeness (QED) is 0.655. The third-order valence-electron chi connectivity index (χ3n) is 5.14. The molecule has 29 heavy (non-hydrogen) atoms. The first-order valence-corrected chi connectivity index (χ1v) is 10.4. The summed E-state index contributed by atoms with van der Waals surface area (Å²) < 4.78 is 0. The molecule has 1 fully saturated rings. The van der Waals surface area contributed by atoms with E-state index in [9.17, 15) is 9.59 Å². The third kappa shape index (κ3) is 5.87. The molecule has 2 aromatic carbocycles. The first kappa shape index (κ1) is 21.0. The van der Waals surface area contributed by atoms with Crippen LogP contribution in [-0.2, 0) is 13.0 Å². The van der Waals surface area contributed by atoms with E-state index in [2.05, 4.69) is 22.9 Å². The van der Waals surface area contributed by atoms with Gasteiger partial charge in [-0.05, 0) is 48.6 Å². The summed E-state index contributed by atoms with van der Waals surface area (Å²) in [5, 5.41) is 9.27. The van der Waals surface area contributed by atoms with Gasteiger partial charge in [-0.3, -0.25) is 0 Å². The van der Waals surface area contributed by atoms with E-state index in [-0.39, 0.29) is 18.1 Å². The van der Waals surface area contributed by atoms with Crippen molar-refractivity contribution in [2.75, 3.05) is 18.4 Å². The molecule has 6 nitrogen and oxygen atoms in total. The predicted molar refractivity (Wildman–Crippen MR) is 116 cm³/mol. The number of anilines is 1. The standard InChI is InChI=1S/C22H27ClN4O2/c1-2-16-9-11-18(12-10-16)26-21(28)24-15-19-7-5-13-27(19)22(29)25-14-17-6-3-4-8-20(17)23/h3-4,6,8-12,19H,2,5,7,13-15H2,1H3,(H,25,29)(H2,24,26,28). The molecular formula is C22H27ClN4O2. The van der Waals surface area contributed by atoms with Crippen LogP contribution in [0.15, 0.2) is 48.5 Å². The van der Waals surface area contributed by atoms with E-state index in [1.54, 1.807) is 11.0 Å². The van der Waals surface area contributed by atoms with Crippen molar-refractivity contribution in [3.63, 3.8) is 0 Å². The highest BCUT2D eigenvalue weighted by Crippen LogP contribution is 2.18. The van der Waals surface area contributed by atoms with E-state index in [1.165, 1.54) is 5.56 Å².